The van der Waals surface area contributed by atoms with Crippen LogP contribution in [0.1, 0.15) is 33.1 Å². The van der Waals surface area contributed by atoms with Crippen LogP contribution in [0.5, 0.6) is 0 Å². The van der Waals surface area contributed by atoms with E-state index in [4.69, 9.17) is 4.74 Å². The van der Waals surface area contributed by atoms with Gasteiger partial charge in [0.1, 0.15) is 5.82 Å². The fourth-order valence-electron chi connectivity index (χ4n) is 2.67. The van der Waals surface area contributed by atoms with Crippen LogP contribution in [0.2, 0.25) is 0 Å². The van der Waals surface area contributed by atoms with E-state index in [0.717, 1.165) is 49.7 Å². The van der Waals surface area contributed by atoms with Gasteiger partial charge in [0, 0.05) is 25.5 Å². The fraction of sp³-hybridized carbons (Fsp3) is 0.600. The topological polar surface area (TPSA) is 63.5 Å². The number of nitrogens with zero attached hydrogens (tertiary/aromatic N) is 3. The molecule has 0 amide bonds. The molecular weight excluding hydrogens is 266 g/mol. The van der Waals surface area contributed by atoms with E-state index >= 15 is 0 Å². The second-order valence-electron chi connectivity index (χ2n) is 5.54. The van der Waals surface area contributed by atoms with Gasteiger partial charge in [-0.3, -0.25) is 0 Å². The van der Waals surface area contributed by atoms with Crippen molar-refractivity contribution in [3.05, 3.63) is 18.6 Å². The molecule has 0 radical (unpaired) electrons. The first-order chi connectivity index (χ1) is 10.3. The van der Waals surface area contributed by atoms with Crippen LogP contribution in [0.25, 0.3) is 5.65 Å². The van der Waals surface area contributed by atoms with Crippen molar-refractivity contribution < 1.29 is 4.74 Å². The molecule has 2 aromatic heterocycles. The number of anilines is 2. The Morgan fingerprint density at radius 2 is 2.43 bits per heavy atom. The quantitative estimate of drug-likeness (QED) is 0.855. The van der Waals surface area contributed by atoms with Crippen LogP contribution in [-0.2, 0) is 4.74 Å². The van der Waals surface area contributed by atoms with Crippen LogP contribution in [0.4, 0.5) is 11.6 Å². The van der Waals surface area contributed by atoms with Gasteiger partial charge in [-0.15, -0.1) is 0 Å². The van der Waals surface area contributed by atoms with E-state index in [1.165, 1.54) is 0 Å². The second kappa shape index (κ2) is 6.30. The Morgan fingerprint density at radius 3 is 3.19 bits per heavy atom. The number of nitrogens with one attached hydrogen (secondary N) is 2. The zero-order chi connectivity index (χ0) is 14.7. The van der Waals surface area contributed by atoms with Gasteiger partial charge in [-0.2, -0.15) is 0 Å². The predicted octanol–water partition coefficient (Wildman–Crippen LogP) is 2.53. The van der Waals surface area contributed by atoms with Gasteiger partial charge < -0.3 is 19.8 Å². The van der Waals surface area contributed by atoms with Crippen LogP contribution in [0.15, 0.2) is 18.6 Å². The van der Waals surface area contributed by atoms with Crippen molar-refractivity contribution in [3.8, 4) is 0 Å². The Kier molecular flexibility index (Phi) is 4.24. The maximum absolute atomic E-state index is 5.74. The van der Waals surface area contributed by atoms with E-state index in [1.807, 2.05) is 16.8 Å². The maximum atomic E-state index is 5.74. The zero-order valence-electron chi connectivity index (χ0n) is 12.7. The molecule has 1 aliphatic rings. The van der Waals surface area contributed by atoms with Crippen LogP contribution in [0, 0.1) is 0 Å². The predicted molar refractivity (Wildman–Crippen MR) is 83.8 cm³/mol. The van der Waals surface area contributed by atoms with Gasteiger partial charge in [0.25, 0.3) is 0 Å². The number of hydrogen-bond donors (Lipinski definition) is 2. The lowest BCUT2D eigenvalue weighted by Crippen LogP contribution is -2.30. The first-order valence-electron chi connectivity index (χ1n) is 7.73. The van der Waals surface area contributed by atoms with Crippen molar-refractivity contribution in [2.24, 2.45) is 0 Å². The highest BCUT2D eigenvalue weighted by molar-refractivity contribution is 5.65. The van der Waals surface area contributed by atoms with Crippen LogP contribution < -0.4 is 10.6 Å². The normalized spacial score (nSPS) is 19.8. The van der Waals surface area contributed by atoms with E-state index in [9.17, 15) is 0 Å². The molecule has 1 aliphatic heterocycles. The number of hydrogen-bond acceptors (Lipinski definition) is 5. The molecule has 2 atom stereocenters. The molecule has 114 valence electrons. The van der Waals surface area contributed by atoms with Crippen LogP contribution in [-0.4, -0.2) is 39.7 Å². The molecule has 3 rings (SSSR count). The summed E-state index contributed by atoms with van der Waals surface area (Å²) in [5.41, 5.74) is 0.849. The molecule has 2 aromatic rings. The number of rotatable bonds is 6. The minimum Gasteiger partial charge on any atom is -0.376 e. The van der Waals surface area contributed by atoms with E-state index in [-0.39, 0.29) is 12.1 Å². The second-order valence-corrected chi connectivity index (χ2v) is 5.54. The summed E-state index contributed by atoms with van der Waals surface area (Å²) in [7, 11) is 0. The third-order valence-corrected chi connectivity index (χ3v) is 3.82. The average molecular weight is 289 g/mol. The van der Waals surface area contributed by atoms with Gasteiger partial charge >= 0.3 is 0 Å². The monoisotopic (exact) mass is 289 g/mol. The molecule has 2 N–H and O–H groups in total. The average Bonchev–Trinajstić information content (AvgIpc) is 3.15. The molecule has 0 aromatic carbocycles. The molecular formula is C15H23N5O. The van der Waals surface area contributed by atoms with E-state index < -0.39 is 0 Å². The third kappa shape index (κ3) is 3.10. The molecule has 0 bridgehead atoms. The highest BCUT2D eigenvalue weighted by atomic mass is 16.5. The summed E-state index contributed by atoms with van der Waals surface area (Å²) in [6, 6.07) is 0.224. The van der Waals surface area contributed by atoms with Gasteiger partial charge in [0.05, 0.1) is 18.3 Å². The minimum atomic E-state index is 0.224. The molecule has 21 heavy (non-hydrogen) atoms. The fourth-order valence-corrected chi connectivity index (χ4v) is 2.67. The summed E-state index contributed by atoms with van der Waals surface area (Å²) in [6.07, 6.45) is 9.28. The van der Waals surface area contributed by atoms with E-state index in [1.54, 1.807) is 6.20 Å². The van der Waals surface area contributed by atoms with Crippen molar-refractivity contribution in [1.29, 1.82) is 0 Å². The van der Waals surface area contributed by atoms with Crippen molar-refractivity contribution >= 4 is 17.3 Å². The first kappa shape index (κ1) is 14.1. The largest absolute Gasteiger partial charge is 0.376 e. The Labute approximate surface area is 124 Å². The van der Waals surface area contributed by atoms with Crippen molar-refractivity contribution in [2.75, 3.05) is 23.8 Å². The van der Waals surface area contributed by atoms with Gasteiger partial charge in [0.15, 0.2) is 11.5 Å². The molecule has 0 aliphatic carbocycles. The molecule has 1 fully saturated rings. The number of ether oxygens (including phenoxy) is 1. The summed E-state index contributed by atoms with van der Waals surface area (Å²) >= 11 is 0. The van der Waals surface area contributed by atoms with E-state index in [0.29, 0.717) is 0 Å². The van der Waals surface area contributed by atoms with Crippen LogP contribution >= 0.6 is 0 Å². The van der Waals surface area contributed by atoms with Crippen molar-refractivity contribution in [3.63, 3.8) is 0 Å². The summed E-state index contributed by atoms with van der Waals surface area (Å²) < 4.78 is 7.74. The third-order valence-electron chi connectivity index (χ3n) is 3.82. The van der Waals surface area contributed by atoms with Crippen LogP contribution in [0.3, 0.4) is 0 Å². The lowest BCUT2D eigenvalue weighted by atomic mass is 10.1. The molecule has 3 heterocycles. The summed E-state index contributed by atoms with van der Waals surface area (Å²) in [6.45, 7) is 6.06. The Morgan fingerprint density at radius 1 is 1.52 bits per heavy atom. The Balaban J connectivity index is 1.83. The molecule has 2 unspecified atom stereocenters. The number of aromatic nitrogens is 3. The summed E-state index contributed by atoms with van der Waals surface area (Å²) in [5.74, 6) is 1.67. The Bertz CT molecular complexity index is 591. The maximum Gasteiger partial charge on any atom is 0.180 e. The molecule has 6 heteroatoms. The van der Waals surface area contributed by atoms with Gasteiger partial charge in [0.2, 0.25) is 0 Å². The number of imidazole rings is 1. The SMILES string of the molecule is CCCNc1cn2ccnc2c(NC(C)C2CCCO2)n1. The van der Waals surface area contributed by atoms with Gasteiger partial charge in [-0.05, 0) is 26.2 Å². The molecule has 6 nitrogen and oxygen atoms in total. The highest BCUT2D eigenvalue weighted by Crippen LogP contribution is 2.21. The van der Waals surface area contributed by atoms with Gasteiger partial charge in [-0.1, -0.05) is 6.92 Å². The summed E-state index contributed by atoms with van der Waals surface area (Å²) in [4.78, 5) is 9.05. The standard InChI is InChI=1S/C15H23N5O/c1-3-6-16-13-10-20-8-7-17-15(20)14(19-13)18-11(2)12-5-4-9-21-12/h7-8,10-12,16H,3-6,9H2,1-2H3,(H,18,19). The lowest BCUT2D eigenvalue weighted by Gasteiger charge is -2.21. The van der Waals surface area contributed by atoms with Crippen molar-refractivity contribution in [1.82, 2.24) is 14.4 Å². The minimum absolute atomic E-state index is 0.224. The zero-order valence-corrected chi connectivity index (χ0v) is 12.7. The summed E-state index contributed by atoms with van der Waals surface area (Å²) in [5, 5.41) is 6.80. The molecule has 0 spiro atoms. The highest BCUT2D eigenvalue weighted by Gasteiger charge is 2.23. The number of fused-ring (bicyclic) bond motifs is 1. The first-order valence-corrected chi connectivity index (χ1v) is 7.73. The lowest BCUT2D eigenvalue weighted by molar-refractivity contribution is 0.0996. The smallest absolute Gasteiger partial charge is 0.180 e. The van der Waals surface area contributed by atoms with Gasteiger partial charge in [-0.25, -0.2) is 9.97 Å². The Hall–Kier alpha value is -1.82. The van der Waals surface area contributed by atoms with Crippen molar-refractivity contribution in [2.45, 2.75) is 45.3 Å². The molecule has 1 saturated heterocycles. The van der Waals surface area contributed by atoms with E-state index in [2.05, 4.69) is 34.4 Å². The molecule has 0 saturated carbocycles.